The Morgan fingerprint density at radius 1 is 1.04 bits per heavy atom. The van der Waals surface area contributed by atoms with E-state index < -0.39 is 0 Å². The molecule has 2 aromatic heterocycles. The van der Waals surface area contributed by atoms with Crippen molar-refractivity contribution < 1.29 is 0 Å². The van der Waals surface area contributed by atoms with Gasteiger partial charge in [0.2, 0.25) is 0 Å². The minimum Gasteiger partial charge on any atom is -0.356 e. The highest BCUT2D eigenvalue weighted by atomic mass is 35.5. The second-order valence-corrected chi connectivity index (χ2v) is 7.71. The van der Waals surface area contributed by atoms with Gasteiger partial charge in [0.1, 0.15) is 5.82 Å². The van der Waals surface area contributed by atoms with E-state index in [1.54, 1.807) is 6.20 Å². The first-order valence-corrected chi connectivity index (χ1v) is 10.00. The van der Waals surface area contributed by atoms with Crippen LogP contribution in [0, 0.1) is 6.92 Å². The van der Waals surface area contributed by atoms with Crippen molar-refractivity contribution in [3.05, 3.63) is 82.6 Å². The van der Waals surface area contributed by atoms with Gasteiger partial charge >= 0.3 is 0 Å². The zero-order chi connectivity index (χ0) is 19.1. The summed E-state index contributed by atoms with van der Waals surface area (Å²) in [5.74, 6) is 1.04. The smallest absolute Gasteiger partial charge is 0.134 e. The van der Waals surface area contributed by atoms with Crippen LogP contribution in [0.3, 0.4) is 0 Å². The van der Waals surface area contributed by atoms with Crippen molar-refractivity contribution in [2.24, 2.45) is 0 Å². The van der Waals surface area contributed by atoms with Gasteiger partial charge in [-0.05, 0) is 42.7 Å². The van der Waals surface area contributed by atoms with E-state index in [9.17, 15) is 0 Å². The lowest BCUT2D eigenvalue weighted by atomic mass is 10.0. The first-order chi connectivity index (χ1) is 13.7. The van der Waals surface area contributed by atoms with Crippen LogP contribution in [-0.2, 0) is 6.42 Å². The van der Waals surface area contributed by atoms with Crippen LogP contribution in [0.1, 0.15) is 23.1 Å². The maximum absolute atomic E-state index is 6.93. The lowest BCUT2D eigenvalue weighted by Gasteiger charge is -2.34. The average Bonchev–Trinajstić information content (AvgIpc) is 3.20. The molecule has 3 heterocycles. The molecule has 0 unspecified atom stereocenters. The number of benzene rings is 2. The summed E-state index contributed by atoms with van der Waals surface area (Å²) in [7, 11) is 0. The lowest BCUT2D eigenvalue weighted by molar-refractivity contribution is 0.608. The number of nitrogens with zero attached hydrogens (tertiary/aromatic N) is 4. The molecule has 2 aromatic carbocycles. The van der Waals surface area contributed by atoms with Gasteiger partial charge in [-0.1, -0.05) is 41.9 Å². The highest BCUT2D eigenvalue weighted by molar-refractivity contribution is 6.36. The molecule has 1 aliphatic heterocycles. The standard InChI is InChI=1S/C23H21ClN4/c1-16-5-2-6-19-21(24)20(23(26-22(16)19)27-12-4-13-27)15-17-7-9-18(10-8-17)28-14-3-11-25-28/h2-3,5-11,14H,4,12-13,15H2,1H3. The van der Waals surface area contributed by atoms with Crippen LogP contribution in [0.15, 0.2) is 60.9 Å². The molecule has 0 bridgehead atoms. The Kier molecular flexibility index (Phi) is 4.29. The molecular formula is C23H21ClN4. The van der Waals surface area contributed by atoms with Crippen LogP contribution in [0.4, 0.5) is 5.82 Å². The van der Waals surface area contributed by atoms with E-state index in [4.69, 9.17) is 16.6 Å². The zero-order valence-corrected chi connectivity index (χ0v) is 16.5. The third-order valence-electron chi connectivity index (χ3n) is 5.47. The molecule has 140 valence electrons. The fraction of sp³-hybridized carbons (Fsp3) is 0.217. The summed E-state index contributed by atoms with van der Waals surface area (Å²) in [5, 5.41) is 6.15. The summed E-state index contributed by atoms with van der Waals surface area (Å²) < 4.78 is 1.86. The number of aromatic nitrogens is 3. The average molecular weight is 389 g/mol. The van der Waals surface area contributed by atoms with Crippen molar-refractivity contribution in [3.63, 3.8) is 0 Å². The molecule has 0 atom stereocenters. The van der Waals surface area contributed by atoms with E-state index in [0.29, 0.717) is 0 Å². The summed E-state index contributed by atoms with van der Waals surface area (Å²) in [6.07, 6.45) is 5.71. The maximum Gasteiger partial charge on any atom is 0.134 e. The minimum absolute atomic E-state index is 0.765. The Hall–Kier alpha value is -2.85. The summed E-state index contributed by atoms with van der Waals surface area (Å²) in [6, 6.07) is 16.6. The molecule has 0 radical (unpaired) electrons. The highest BCUT2D eigenvalue weighted by Crippen LogP contribution is 2.37. The molecule has 4 nitrogen and oxygen atoms in total. The van der Waals surface area contributed by atoms with Crippen molar-refractivity contribution in [2.75, 3.05) is 18.0 Å². The van der Waals surface area contributed by atoms with Crippen LogP contribution in [0.5, 0.6) is 0 Å². The van der Waals surface area contributed by atoms with Gasteiger partial charge in [0.15, 0.2) is 0 Å². The molecule has 1 saturated heterocycles. The third kappa shape index (κ3) is 2.94. The Bertz CT molecular complexity index is 1130. The number of pyridine rings is 1. The number of aryl methyl sites for hydroxylation is 1. The Balaban J connectivity index is 1.57. The van der Waals surface area contributed by atoms with Gasteiger partial charge < -0.3 is 4.90 Å². The van der Waals surface area contributed by atoms with Crippen molar-refractivity contribution >= 4 is 28.3 Å². The van der Waals surface area contributed by atoms with E-state index in [0.717, 1.165) is 58.1 Å². The van der Waals surface area contributed by atoms with Gasteiger partial charge in [0.25, 0.3) is 0 Å². The van der Waals surface area contributed by atoms with Gasteiger partial charge in [-0.3, -0.25) is 0 Å². The molecule has 1 fully saturated rings. The number of halogens is 1. The van der Waals surface area contributed by atoms with E-state index in [2.05, 4.69) is 59.4 Å². The number of hydrogen-bond donors (Lipinski definition) is 0. The molecule has 0 N–H and O–H groups in total. The van der Waals surface area contributed by atoms with Gasteiger partial charge in [0, 0.05) is 42.9 Å². The van der Waals surface area contributed by atoms with Crippen molar-refractivity contribution in [2.45, 2.75) is 19.8 Å². The minimum atomic E-state index is 0.765. The molecule has 4 aromatic rings. The molecule has 0 spiro atoms. The Morgan fingerprint density at radius 3 is 2.54 bits per heavy atom. The largest absolute Gasteiger partial charge is 0.356 e. The van der Waals surface area contributed by atoms with Crippen LogP contribution < -0.4 is 4.90 Å². The third-order valence-corrected chi connectivity index (χ3v) is 5.90. The predicted molar refractivity (Wildman–Crippen MR) is 115 cm³/mol. The summed E-state index contributed by atoms with van der Waals surface area (Å²) in [6.45, 7) is 4.19. The number of rotatable bonds is 4. The molecular weight excluding hydrogens is 368 g/mol. The van der Waals surface area contributed by atoms with E-state index in [1.807, 2.05) is 16.9 Å². The normalized spacial score (nSPS) is 13.7. The monoisotopic (exact) mass is 388 g/mol. The number of anilines is 1. The predicted octanol–water partition coefficient (Wildman–Crippen LogP) is 5.18. The first-order valence-electron chi connectivity index (χ1n) is 9.62. The van der Waals surface area contributed by atoms with E-state index in [-0.39, 0.29) is 0 Å². The summed E-state index contributed by atoms with van der Waals surface area (Å²) in [5.41, 5.74) is 5.55. The number of hydrogen-bond acceptors (Lipinski definition) is 3. The Morgan fingerprint density at radius 2 is 1.86 bits per heavy atom. The molecule has 0 saturated carbocycles. The maximum atomic E-state index is 6.93. The van der Waals surface area contributed by atoms with Crippen LogP contribution >= 0.6 is 11.6 Å². The molecule has 28 heavy (non-hydrogen) atoms. The fourth-order valence-corrected chi connectivity index (χ4v) is 4.06. The topological polar surface area (TPSA) is 34.0 Å². The lowest BCUT2D eigenvalue weighted by Crippen LogP contribution is -2.38. The number of fused-ring (bicyclic) bond motifs is 1. The second kappa shape index (κ2) is 6.95. The van der Waals surface area contributed by atoms with E-state index in [1.165, 1.54) is 12.0 Å². The van der Waals surface area contributed by atoms with Gasteiger partial charge in [-0.2, -0.15) is 5.10 Å². The van der Waals surface area contributed by atoms with Crippen LogP contribution in [0.2, 0.25) is 5.02 Å². The Labute approximate surface area is 169 Å². The molecule has 0 amide bonds. The van der Waals surface area contributed by atoms with Gasteiger partial charge in [-0.15, -0.1) is 0 Å². The first kappa shape index (κ1) is 17.3. The fourth-order valence-electron chi connectivity index (χ4n) is 3.76. The quantitative estimate of drug-likeness (QED) is 0.483. The van der Waals surface area contributed by atoms with Crippen molar-refractivity contribution in [1.82, 2.24) is 14.8 Å². The van der Waals surface area contributed by atoms with Crippen LogP contribution in [0.25, 0.3) is 16.6 Å². The molecule has 5 heteroatoms. The van der Waals surface area contributed by atoms with Crippen molar-refractivity contribution in [3.8, 4) is 5.69 Å². The molecule has 1 aliphatic rings. The highest BCUT2D eigenvalue weighted by Gasteiger charge is 2.23. The van der Waals surface area contributed by atoms with E-state index >= 15 is 0 Å². The summed E-state index contributed by atoms with van der Waals surface area (Å²) >= 11 is 6.93. The second-order valence-electron chi connectivity index (χ2n) is 7.33. The van der Waals surface area contributed by atoms with Crippen molar-refractivity contribution in [1.29, 1.82) is 0 Å². The number of para-hydroxylation sites is 1. The van der Waals surface area contributed by atoms with Crippen LogP contribution in [-0.4, -0.2) is 27.9 Å². The SMILES string of the molecule is Cc1cccc2c(Cl)c(Cc3ccc(-n4cccn4)cc3)c(N3CCC3)nc12. The molecule has 0 aliphatic carbocycles. The zero-order valence-electron chi connectivity index (χ0n) is 15.8. The summed E-state index contributed by atoms with van der Waals surface area (Å²) in [4.78, 5) is 7.38. The van der Waals surface area contributed by atoms with Gasteiger partial charge in [0.05, 0.1) is 16.2 Å². The van der Waals surface area contributed by atoms with Gasteiger partial charge in [-0.25, -0.2) is 9.67 Å². The molecule has 5 rings (SSSR count).